The standard InChI is InChI=1S/C13H16Br2N2O2/c1-7-3-4-16-12(7)13(18)17-10-6-11(19-2)9(15)5-8(10)14/h5-7,12,16H,3-4H2,1-2H3,(H,17,18). The van der Waals surface area contributed by atoms with Crippen molar-refractivity contribution in [1.29, 1.82) is 0 Å². The fourth-order valence-corrected chi connectivity index (χ4v) is 3.43. The molecule has 1 fully saturated rings. The molecule has 104 valence electrons. The van der Waals surface area contributed by atoms with Gasteiger partial charge in [0.25, 0.3) is 0 Å². The van der Waals surface area contributed by atoms with Crippen LogP contribution in [-0.2, 0) is 4.79 Å². The van der Waals surface area contributed by atoms with E-state index < -0.39 is 0 Å². The largest absolute Gasteiger partial charge is 0.495 e. The first-order valence-electron chi connectivity index (χ1n) is 6.10. The second-order valence-electron chi connectivity index (χ2n) is 4.65. The van der Waals surface area contributed by atoms with Crippen molar-refractivity contribution < 1.29 is 9.53 Å². The van der Waals surface area contributed by atoms with Gasteiger partial charge in [0.2, 0.25) is 5.91 Å². The lowest BCUT2D eigenvalue weighted by Gasteiger charge is -2.17. The SMILES string of the molecule is COc1cc(NC(=O)C2NCCC2C)c(Br)cc1Br. The van der Waals surface area contributed by atoms with Crippen LogP contribution >= 0.6 is 31.9 Å². The van der Waals surface area contributed by atoms with Crippen LogP contribution in [0.2, 0.25) is 0 Å². The van der Waals surface area contributed by atoms with Gasteiger partial charge >= 0.3 is 0 Å². The molecule has 2 atom stereocenters. The molecule has 2 N–H and O–H groups in total. The molecular formula is C13H16Br2N2O2. The smallest absolute Gasteiger partial charge is 0.241 e. The van der Waals surface area contributed by atoms with Gasteiger partial charge in [-0.25, -0.2) is 0 Å². The number of carbonyl (C=O) groups excluding carboxylic acids is 1. The number of benzene rings is 1. The highest BCUT2D eigenvalue weighted by atomic mass is 79.9. The molecule has 0 aromatic heterocycles. The number of halogens is 2. The Morgan fingerprint density at radius 3 is 2.74 bits per heavy atom. The van der Waals surface area contributed by atoms with Crippen LogP contribution < -0.4 is 15.4 Å². The number of rotatable bonds is 3. The first-order valence-corrected chi connectivity index (χ1v) is 7.68. The number of hydrogen-bond acceptors (Lipinski definition) is 3. The Bertz CT molecular complexity index is 494. The second-order valence-corrected chi connectivity index (χ2v) is 6.36. The van der Waals surface area contributed by atoms with E-state index in [1.165, 1.54) is 0 Å². The zero-order valence-electron chi connectivity index (χ0n) is 10.8. The van der Waals surface area contributed by atoms with Crippen molar-refractivity contribution >= 4 is 43.5 Å². The fourth-order valence-electron chi connectivity index (χ4n) is 2.18. The normalized spacial score (nSPS) is 22.3. The van der Waals surface area contributed by atoms with Crippen LogP contribution in [0.15, 0.2) is 21.1 Å². The highest BCUT2D eigenvalue weighted by molar-refractivity contribution is 9.11. The number of hydrogen-bond donors (Lipinski definition) is 2. The summed E-state index contributed by atoms with van der Waals surface area (Å²) in [6.07, 6.45) is 1.03. The molecule has 1 saturated heterocycles. The molecule has 1 aromatic carbocycles. The maximum atomic E-state index is 12.2. The van der Waals surface area contributed by atoms with E-state index in [0.717, 1.165) is 21.9 Å². The fraction of sp³-hybridized carbons (Fsp3) is 0.462. The van der Waals surface area contributed by atoms with Crippen molar-refractivity contribution in [2.24, 2.45) is 5.92 Å². The first kappa shape index (κ1) is 14.8. The minimum absolute atomic E-state index is 0.00456. The molecule has 2 rings (SSSR count). The van der Waals surface area contributed by atoms with E-state index in [0.29, 0.717) is 17.4 Å². The van der Waals surface area contributed by atoms with Crippen molar-refractivity contribution in [3.63, 3.8) is 0 Å². The number of amides is 1. The minimum Gasteiger partial charge on any atom is -0.495 e. The van der Waals surface area contributed by atoms with E-state index in [4.69, 9.17) is 4.74 Å². The first-order chi connectivity index (χ1) is 9.02. The number of ether oxygens (including phenoxy) is 1. The molecule has 2 unspecified atom stereocenters. The number of methoxy groups -OCH3 is 1. The molecule has 6 heteroatoms. The van der Waals surface area contributed by atoms with E-state index >= 15 is 0 Å². The third kappa shape index (κ3) is 3.30. The maximum Gasteiger partial charge on any atom is 0.241 e. The lowest BCUT2D eigenvalue weighted by atomic mass is 10.0. The zero-order chi connectivity index (χ0) is 14.0. The lowest BCUT2D eigenvalue weighted by Crippen LogP contribution is -2.39. The molecule has 0 spiro atoms. The highest BCUT2D eigenvalue weighted by Gasteiger charge is 2.29. The van der Waals surface area contributed by atoms with Crippen LogP contribution in [0.5, 0.6) is 5.75 Å². The average molecular weight is 392 g/mol. The molecule has 1 aromatic rings. The van der Waals surface area contributed by atoms with E-state index in [-0.39, 0.29) is 11.9 Å². The van der Waals surface area contributed by atoms with Crippen molar-refractivity contribution in [3.8, 4) is 5.75 Å². The summed E-state index contributed by atoms with van der Waals surface area (Å²) in [5.74, 6) is 1.04. The van der Waals surface area contributed by atoms with Crippen LogP contribution in [0.3, 0.4) is 0 Å². The number of carbonyl (C=O) groups is 1. The van der Waals surface area contributed by atoms with E-state index in [1.807, 2.05) is 6.07 Å². The minimum atomic E-state index is -0.124. The Hall–Kier alpha value is -0.590. The summed E-state index contributed by atoms with van der Waals surface area (Å²) in [6, 6.07) is 3.53. The van der Waals surface area contributed by atoms with E-state index in [2.05, 4.69) is 49.4 Å². The predicted octanol–water partition coefficient (Wildman–Crippen LogP) is 3.16. The van der Waals surface area contributed by atoms with Gasteiger partial charge in [0.05, 0.1) is 23.3 Å². The zero-order valence-corrected chi connectivity index (χ0v) is 14.0. The van der Waals surface area contributed by atoms with Crippen molar-refractivity contribution in [2.75, 3.05) is 19.0 Å². The lowest BCUT2D eigenvalue weighted by molar-refractivity contribution is -0.118. The van der Waals surface area contributed by atoms with Crippen molar-refractivity contribution in [3.05, 3.63) is 21.1 Å². The Balaban J connectivity index is 2.16. The molecular weight excluding hydrogens is 376 g/mol. The monoisotopic (exact) mass is 390 g/mol. The Morgan fingerprint density at radius 2 is 2.16 bits per heavy atom. The molecule has 0 aliphatic carbocycles. The summed E-state index contributed by atoms with van der Waals surface area (Å²) < 4.78 is 6.89. The van der Waals surface area contributed by atoms with Crippen LogP contribution in [0.25, 0.3) is 0 Å². The van der Waals surface area contributed by atoms with Gasteiger partial charge in [-0.1, -0.05) is 6.92 Å². The van der Waals surface area contributed by atoms with Crippen LogP contribution in [0.1, 0.15) is 13.3 Å². The van der Waals surface area contributed by atoms with Crippen LogP contribution in [0.4, 0.5) is 5.69 Å². The third-order valence-corrected chi connectivity index (χ3v) is 4.59. The summed E-state index contributed by atoms with van der Waals surface area (Å²) in [5, 5.41) is 6.15. The summed E-state index contributed by atoms with van der Waals surface area (Å²) in [6.45, 7) is 2.98. The second kappa shape index (κ2) is 6.24. The molecule has 1 aliphatic rings. The van der Waals surface area contributed by atoms with Crippen LogP contribution in [0, 0.1) is 5.92 Å². The van der Waals surface area contributed by atoms with Crippen molar-refractivity contribution in [1.82, 2.24) is 5.32 Å². The molecule has 1 amide bonds. The van der Waals surface area contributed by atoms with Gasteiger partial charge < -0.3 is 15.4 Å². The van der Waals surface area contributed by atoms with Gasteiger partial charge in [-0.2, -0.15) is 0 Å². The molecule has 1 aliphatic heterocycles. The van der Waals surface area contributed by atoms with Gasteiger partial charge in [-0.3, -0.25) is 4.79 Å². The van der Waals surface area contributed by atoms with Crippen LogP contribution in [-0.4, -0.2) is 25.6 Å². The Morgan fingerprint density at radius 1 is 1.42 bits per heavy atom. The van der Waals surface area contributed by atoms with Gasteiger partial charge in [0.1, 0.15) is 5.75 Å². The molecule has 0 radical (unpaired) electrons. The van der Waals surface area contributed by atoms with Gasteiger partial charge in [-0.05, 0) is 56.8 Å². The summed E-state index contributed by atoms with van der Waals surface area (Å²) in [5.41, 5.74) is 0.714. The summed E-state index contributed by atoms with van der Waals surface area (Å²) in [4.78, 5) is 12.2. The average Bonchev–Trinajstić information content (AvgIpc) is 2.79. The van der Waals surface area contributed by atoms with E-state index in [9.17, 15) is 4.79 Å². The van der Waals surface area contributed by atoms with E-state index in [1.54, 1.807) is 13.2 Å². The van der Waals surface area contributed by atoms with Crippen molar-refractivity contribution in [2.45, 2.75) is 19.4 Å². The van der Waals surface area contributed by atoms with Gasteiger partial charge in [-0.15, -0.1) is 0 Å². The number of anilines is 1. The van der Waals surface area contributed by atoms with Gasteiger partial charge in [0.15, 0.2) is 0 Å². The Kier molecular flexibility index (Phi) is 4.86. The highest BCUT2D eigenvalue weighted by Crippen LogP contribution is 2.34. The summed E-state index contributed by atoms with van der Waals surface area (Å²) >= 11 is 6.85. The Labute approximate surface area is 129 Å². The molecule has 0 bridgehead atoms. The topological polar surface area (TPSA) is 50.4 Å². The van der Waals surface area contributed by atoms with Gasteiger partial charge in [0, 0.05) is 10.5 Å². The predicted molar refractivity (Wildman–Crippen MR) is 82.6 cm³/mol. The molecule has 0 saturated carbocycles. The summed E-state index contributed by atoms with van der Waals surface area (Å²) in [7, 11) is 1.60. The quantitative estimate of drug-likeness (QED) is 0.831. The third-order valence-electron chi connectivity index (χ3n) is 3.31. The molecule has 4 nitrogen and oxygen atoms in total. The maximum absolute atomic E-state index is 12.2. The number of nitrogens with one attached hydrogen (secondary N) is 2. The molecule has 1 heterocycles. The molecule has 19 heavy (non-hydrogen) atoms.